The summed E-state index contributed by atoms with van der Waals surface area (Å²) in [5.74, 6) is 0.615. The summed E-state index contributed by atoms with van der Waals surface area (Å²) in [5, 5.41) is 21.2. The van der Waals surface area contributed by atoms with Crippen molar-refractivity contribution in [2.45, 2.75) is 38.4 Å². The van der Waals surface area contributed by atoms with Crippen molar-refractivity contribution < 1.29 is 19.4 Å². The number of aromatic nitrogens is 1. The van der Waals surface area contributed by atoms with Crippen LogP contribution in [0.4, 0.5) is 5.69 Å². The maximum Gasteiger partial charge on any atom is 0.277 e. The first-order valence-corrected chi connectivity index (χ1v) is 7.31. The third kappa shape index (κ3) is 2.88. The summed E-state index contributed by atoms with van der Waals surface area (Å²) in [4.78, 5) is 16.4. The predicted molar refractivity (Wildman–Crippen MR) is 79.3 cm³/mol. The van der Waals surface area contributed by atoms with Crippen LogP contribution in [0, 0.1) is 0 Å². The third-order valence-corrected chi connectivity index (χ3v) is 4.01. The van der Waals surface area contributed by atoms with Gasteiger partial charge in [0.15, 0.2) is 11.6 Å². The average Bonchev–Trinajstić information content (AvgIpc) is 2.94. The van der Waals surface area contributed by atoms with Crippen LogP contribution in [-0.2, 0) is 13.2 Å². The van der Waals surface area contributed by atoms with Gasteiger partial charge in [0.2, 0.25) is 0 Å². The van der Waals surface area contributed by atoms with Crippen molar-refractivity contribution in [3.8, 4) is 0 Å². The second kappa shape index (κ2) is 6.29. The number of nitrogens with one attached hydrogen (secondary N) is 1. The molecule has 3 rings (SSSR count). The van der Waals surface area contributed by atoms with E-state index in [0.717, 1.165) is 12.8 Å². The van der Waals surface area contributed by atoms with Crippen molar-refractivity contribution in [1.29, 1.82) is 0 Å². The van der Waals surface area contributed by atoms with E-state index in [4.69, 9.17) is 9.52 Å². The number of benzene rings is 1. The Labute approximate surface area is 127 Å². The molecular weight excluding hydrogens is 284 g/mol. The quantitative estimate of drug-likeness (QED) is 0.786. The summed E-state index contributed by atoms with van der Waals surface area (Å²) < 4.78 is 5.36. The fraction of sp³-hybridized carbons (Fsp3) is 0.375. The third-order valence-electron chi connectivity index (χ3n) is 4.01. The predicted octanol–water partition coefficient (Wildman–Crippen LogP) is 2.18. The Morgan fingerprint density at radius 1 is 1.27 bits per heavy atom. The van der Waals surface area contributed by atoms with E-state index in [9.17, 15) is 9.90 Å². The first-order chi connectivity index (χ1) is 10.7. The van der Waals surface area contributed by atoms with Crippen molar-refractivity contribution in [1.82, 2.24) is 4.98 Å². The van der Waals surface area contributed by atoms with E-state index < -0.39 is 0 Å². The normalized spacial score (nSPS) is 14.6. The number of oxazole rings is 1. The Hall–Kier alpha value is -2.18. The van der Waals surface area contributed by atoms with E-state index in [2.05, 4.69) is 10.3 Å². The molecular formula is C16H18N2O4. The standard InChI is InChI=1S/C16H18N2O4/c19-7-11-4-5-13(6-12(11)8-20)17-15(21)14-9-22-16(18-14)10-2-1-3-10/h4-6,9-10,19-20H,1-3,7-8H2,(H,17,21). The monoisotopic (exact) mass is 302 g/mol. The van der Waals surface area contributed by atoms with E-state index in [1.54, 1.807) is 18.2 Å². The van der Waals surface area contributed by atoms with Crippen LogP contribution in [-0.4, -0.2) is 21.1 Å². The fourth-order valence-corrected chi connectivity index (χ4v) is 2.43. The van der Waals surface area contributed by atoms with Crippen molar-refractivity contribution in [3.63, 3.8) is 0 Å². The molecule has 116 valence electrons. The molecule has 1 heterocycles. The number of hydrogen-bond donors (Lipinski definition) is 3. The molecule has 0 aliphatic heterocycles. The van der Waals surface area contributed by atoms with E-state index in [1.807, 2.05) is 0 Å². The Bertz CT molecular complexity index is 677. The van der Waals surface area contributed by atoms with Gasteiger partial charge in [-0.3, -0.25) is 4.79 Å². The molecule has 3 N–H and O–H groups in total. The number of hydrogen-bond acceptors (Lipinski definition) is 5. The minimum absolute atomic E-state index is 0.155. The zero-order valence-electron chi connectivity index (χ0n) is 12.1. The molecule has 6 heteroatoms. The smallest absolute Gasteiger partial charge is 0.277 e. The van der Waals surface area contributed by atoms with Gasteiger partial charge in [-0.2, -0.15) is 0 Å². The number of aliphatic hydroxyl groups excluding tert-OH is 2. The van der Waals surface area contributed by atoms with Gasteiger partial charge < -0.3 is 19.9 Å². The highest BCUT2D eigenvalue weighted by Crippen LogP contribution is 2.35. The van der Waals surface area contributed by atoms with Gasteiger partial charge in [-0.05, 0) is 36.1 Å². The van der Waals surface area contributed by atoms with E-state index in [1.165, 1.54) is 12.7 Å². The molecule has 1 aromatic heterocycles. The van der Waals surface area contributed by atoms with Crippen LogP contribution in [0.5, 0.6) is 0 Å². The van der Waals surface area contributed by atoms with Crippen molar-refractivity contribution in [2.75, 3.05) is 5.32 Å². The van der Waals surface area contributed by atoms with Gasteiger partial charge >= 0.3 is 0 Å². The number of carbonyl (C=O) groups is 1. The lowest BCUT2D eigenvalue weighted by molar-refractivity contribution is 0.102. The zero-order valence-corrected chi connectivity index (χ0v) is 12.1. The van der Waals surface area contributed by atoms with E-state index in [-0.39, 0.29) is 24.8 Å². The molecule has 1 amide bonds. The van der Waals surface area contributed by atoms with Gasteiger partial charge in [0.05, 0.1) is 13.2 Å². The second-order valence-electron chi connectivity index (χ2n) is 5.45. The van der Waals surface area contributed by atoms with Crippen molar-refractivity contribution in [2.24, 2.45) is 0 Å². The van der Waals surface area contributed by atoms with Gasteiger partial charge in [-0.1, -0.05) is 12.5 Å². The molecule has 2 aromatic rings. The molecule has 1 saturated carbocycles. The summed E-state index contributed by atoms with van der Waals surface area (Å²) in [6, 6.07) is 4.98. The molecule has 0 spiro atoms. The summed E-state index contributed by atoms with van der Waals surface area (Å²) in [7, 11) is 0. The summed E-state index contributed by atoms with van der Waals surface area (Å²) >= 11 is 0. The fourth-order valence-electron chi connectivity index (χ4n) is 2.43. The highest BCUT2D eigenvalue weighted by atomic mass is 16.3. The van der Waals surface area contributed by atoms with Gasteiger partial charge in [0.25, 0.3) is 5.91 Å². The van der Waals surface area contributed by atoms with Gasteiger partial charge in [0.1, 0.15) is 6.26 Å². The number of aliphatic hydroxyl groups is 2. The van der Waals surface area contributed by atoms with Crippen molar-refractivity contribution >= 4 is 11.6 Å². The van der Waals surface area contributed by atoms with Gasteiger partial charge in [-0.25, -0.2) is 4.98 Å². The molecule has 1 aromatic carbocycles. The largest absolute Gasteiger partial charge is 0.448 e. The van der Waals surface area contributed by atoms with Crippen LogP contribution in [0.3, 0.4) is 0 Å². The molecule has 6 nitrogen and oxygen atoms in total. The van der Waals surface area contributed by atoms with Crippen LogP contribution in [0.25, 0.3) is 0 Å². The summed E-state index contributed by atoms with van der Waals surface area (Å²) in [5.41, 5.74) is 2.00. The van der Waals surface area contributed by atoms with Crippen molar-refractivity contribution in [3.05, 3.63) is 47.2 Å². The molecule has 0 radical (unpaired) electrons. The molecule has 1 aliphatic carbocycles. The van der Waals surface area contributed by atoms with Crippen LogP contribution in [0.2, 0.25) is 0 Å². The maximum atomic E-state index is 12.2. The summed E-state index contributed by atoms with van der Waals surface area (Å²) in [6.07, 6.45) is 4.67. The molecule has 1 aliphatic rings. The minimum atomic E-state index is -0.352. The highest BCUT2D eigenvalue weighted by molar-refractivity contribution is 6.02. The SMILES string of the molecule is O=C(Nc1ccc(CO)c(CO)c1)c1coc(C2CCC2)n1. The Kier molecular flexibility index (Phi) is 4.22. The summed E-state index contributed by atoms with van der Waals surface area (Å²) in [6.45, 7) is -0.354. The number of anilines is 1. The van der Waals surface area contributed by atoms with Crippen LogP contribution < -0.4 is 5.32 Å². The number of rotatable bonds is 5. The number of carbonyl (C=O) groups excluding carboxylic acids is 1. The topological polar surface area (TPSA) is 95.6 Å². The molecule has 0 atom stereocenters. The number of amides is 1. The Morgan fingerprint density at radius 3 is 2.68 bits per heavy atom. The van der Waals surface area contributed by atoms with Crippen LogP contribution in [0.1, 0.15) is 52.7 Å². The lowest BCUT2D eigenvalue weighted by Gasteiger charge is -2.21. The zero-order chi connectivity index (χ0) is 15.5. The maximum absolute atomic E-state index is 12.2. The first kappa shape index (κ1) is 14.7. The number of nitrogens with zero attached hydrogens (tertiary/aromatic N) is 1. The van der Waals surface area contributed by atoms with E-state index in [0.29, 0.717) is 28.6 Å². The minimum Gasteiger partial charge on any atom is -0.448 e. The first-order valence-electron chi connectivity index (χ1n) is 7.31. The highest BCUT2D eigenvalue weighted by Gasteiger charge is 2.25. The van der Waals surface area contributed by atoms with Gasteiger partial charge in [-0.15, -0.1) is 0 Å². The molecule has 0 unspecified atom stereocenters. The van der Waals surface area contributed by atoms with Crippen LogP contribution >= 0.6 is 0 Å². The van der Waals surface area contributed by atoms with E-state index >= 15 is 0 Å². The molecule has 0 saturated heterocycles. The second-order valence-corrected chi connectivity index (χ2v) is 5.45. The molecule has 0 bridgehead atoms. The molecule has 1 fully saturated rings. The average molecular weight is 302 g/mol. The Morgan fingerprint density at radius 2 is 2.05 bits per heavy atom. The molecule has 22 heavy (non-hydrogen) atoms. The van der Waals surface area contributed by atoms with Crippen LogP contribution in [0.15, 0.2) is 28.9 Å². The van der Waals surface area contributed by atoms with Gasteiger partial charge in [0, 0.05) is 11.6 Å². The lowest BCUT2D eigenvalue weighted by Crippen LogP contribution is -2.14. The Balaban J connectivity index is 1.72. The lowest BCUT2D eigenvalue weighted by atomic mass is 9.85.